The summed E-state index contributed by atoms with van der Waals surface area (Å²) >= 11 is 0. The van der Waals surface area contributed by atoms with Gasteiger partial charge in [0.05, 0.1) is 5.69 Å². The highest BCUT2D eigenvalue weighted by Gasteiger charge is 2.19. The number of hydrogen-bond acceptors (Lipinski definition) is 3. The predicted molar refractivity (Wildman–Crippen MR) is 39.1 cm³/mol. The molecule has 0 spiro atoms. The summed E-state index contributed by atoms with van der Waals surface area (Å²) in [6, 6.07) is 0.599. The van der Waals surface area contributed by atoms with Gasteiger partial charge in [0.15, 0.2) is 0 Å². The summed E-state index contributed by atoms with van der Waals surface area (Å²) in [5.74, 6) is -2.64. The summed E-state index contributed by atoms with van der Waals surface area (Å²) in [4.78, 5) is -1.26. The fraction of sp³-hybridized carbons (Fsp3) is 0. The Labute approximate surface area is 72.2 Å². The molecule has 0 aliphatic carbocycles. The molecule has 0 aliphatic rings. The van der Waals surface area contributed by atoms with Crippen LogP contribution in [0.25, 0.3) is 0 Å². The molecule has 1 rings (SSSR count). The number of rotatable bonds is 1. The monoisotopic (exact) mass is 211 g/mol. The summed E-state index contributed by atoms with van der Waals surface area (Å²) in [5, 5.41) is 0. The first-order valence-corrected chi connectivity index (χ1v) is 4.40. The van der Waals surface area contributed by atoms with Crippen LogP contribution in [0.4, 0.5) is 18.4 Å². The van der Waals surface area contributed by atoms with Crippen molar-refractivity contribution in [3.63, 3.8) is 0 Å². The van der Waals surface area contributed by atoms with Crippen LogP contribution in [0.15, 0.2) is 17.0 Å². The second kappa shape index (κ2) is 2.91. The molecular formula is C6H4F3NO2S. The van der Waals surface area contributed by atoms with Crippen LogP contribution >= 0.6 is 0 Å². The fourth-order valence-electron chi connectivity index (χ4n) is 0.732. The van der Waals surface area contributed by atoms with E-state index in [9.17, 15) is 21.1 Å². The lowest BCUT2D eigenvalue weighted by Gasteiger charge is -2.00. The van der Waals surface area contributed by atoms with Crippen molar-refractivity contribution in [1.29, 1.82) is 0 Å². The fourth-order valence-corrected chi connectivity index (χ4v) is 1.29. The number of anilines is 1. The molecule has 3 nitrogen and oxygen atoms in total. The van der Waals surface area contributed by atoms with E-state index in [4.69, 9.17) is 5.73 Å². The maximum atomic E-state index is 12.6. The first-order chi connectivity index (χ1) is 5.82. The molecule has 1 aromatic carbocycles. The van der Waals surface area contributed by atoms with E-state index in [2.05, 4.69) is 0 Å². The molecule has 1 aromatic rings. The Morgan fingerprint density at radius 3 is 2.15 bits per heavy atom. The van der Waals surface area contributed by atoms with Gasteiger partial charge >= 0.3 is 10.2 Å². The van der Waals surface area contributed by atoms with E-state index < -0.39 is 32.4 Å². The van der Waals surface area contributed by atoms with Crippen molar-refractivity contribution in [1.82, 2.24) is 0 Å². The molecule has 0 bridgehead atoms. The molecule has 0 radical (unpaired) electrons. The lowest BCUT2D eigenvalue weighted by Crippen LogP contribution is -2.00. The molecular weight excluding hydrogens is 207 g/mol. The third-order valence-electron chi connectivity index (χ3n) is 1.31. The number of nitrogen functional groups attached to an aromatic ring is 1. The van der Waals surface area contributed by atoms with Crippen LogP contribution < -0.4 is 5.73 Å². The highest BCUT2D eigenvalue weighted by Crippen LogP contribution is 2.22. The number of halogens is 3. The number of benzene rings is 1. The van der Waals surface area contributed by atoms with E-state index in [1.165, 1.54) is 0 Å². The average molecular weight is 211 g/mol. The Morgan fingerprint density at radius 1 is 1.15 bits per heavy atom. The third kappa shape index (κ3) is 1.92. The molecule has 0 saturated carbocycles. The van der Waals surface area contributed by atoms with Crippen molar-refractivity contribution < 1.29 is 21.1 Å². The summed E-state index contributed by atoms with van der Waals surface area (Å²) in [5.41, 5.74) is 4.29. The minimum absolute atomic E-state index is 0.210. The summed E-state index contributed by atoms with van der Waals surface area (Å²) in [6.45, 7) is 0. The van der Waals surface area contributed by atoms with E-state index in [0.717, 1.165) is 0 Å². The highest BCUT2D eigenvalue weighted by molar-refractivity contribution is 7.86. The standard InChI is InChI=1S/C6H4F3NO2S/c7-3-1-4(8)6(2-5(3)10)13(9,11)12/h1-2H,10H2. The van der Waals surface area contributed by atoms with Crippen molar-refractivity contribution >= 4 is 15.9 Å². The van der Waals surface area contributed by atoms with Crippen molar-refractivity contribution in [2.24, 2.45) is 0 Å². The van der Waals surface area contributed by atoms with Crippen LogP contribution in [-0.4, -0.2) is 8.42 Å². The molecule has 0 unspecified atom stereocenters. The van der Waals surface area contributed by atoms with Crippen molar-refractivity contribution in [2.75, 3.05) is 5.73 Å². The van der Waals surface area contributed by atoms with E-state index in [1.807, 2.05) is 0 Å². The van der Waals surface area contributed by atoms with E-state index in [0.29, 0.717) is 6.07 Å². The number of nitrogens with two attached hydrogens (primary N) is 1. The van der Waals surface area contributed by atoms with Crippen LogP contribution in [0.3, 0.4) is 0 Å². The van der Waals surface area contributed by atoms with Gasteiger partial charge in [-0.25, -0.2) is 8.78 Å². The second-order valence-corrected chi connectivity index (χ2v) is 3.56. The average Bonchev–Trinajstić information content (AvgIpc) is 1.94. The van der Waals surface area contributed by atoms with Crippen molar-refractivity contribution in [3.8, 4) is 0 Å². The van der Waals surface area contributed by atoms with E-state index in [1.54, 1.807) is 0 Å². The molecule has 2 N–H and O–H groups in total. The molecule has 13 heavy (non-hydrogen) atoms. The molecule has 0 amide bonds. The SMILES string of the molecule is Nc1cc(S(=O)(=O)F)c(F)cc1F. The zero-order valence-electron chi connectivity index (χ0n) is 6.09. The van der Waals surface area contributed by atoms with Crippen molar-refractivity contribution in [3.05, 3.63) is 23.8 Å². The van der Waals surface area contributed by atoms with Gasteiger partial charge in [0.25, 0.3) is 0 Å². The molecule has 0 aromatic heterocycles. The van der Waals surface area contributed by atoms with Gasteiger partial charge in [0.2, 0.25) is 0 Å². The van der Waals surface area contributed by atoms with Gasteiger partial charge in [0.1, 0.15) is 16.5 Å². The molecule has 0 aliphatic heterocycles. The molecule has 0 atom stereocenters. The smallest absolute Gasteiger partial charge is 0.335 e. The van der Waals surface area contributed by atoms with Gasteiger partial charge in [0, 0.05) is 6.07 Å². The zero-order valence-corrected chi connectivity index (χ0v) is 6.91. The molecule has 0 fully saturated rings. The zero-order chi connectivity index (χ0) is 10.2. The van der Waals surface area contributed by atoms with Gasteiger partial charge < -0.3 is 5.73 Å². The predicted octanol–water partition coefficient (Wildman–Crippen LogP) is 1.21. The lowest BCUT2D eigenvalue weighted by molar-refractivity contribution is 0.527. The van der Waals surface area contributed by atoms with Crippen LogP contribution in [0, 0.1) is 11.6 Å². The second-order valence-electron chi connectivity index (χ2n) is 2.24. The molecule has 0 saturated heterocycles. The Balaban J connectivity index is 3.50. The van der Waals surface area contributed by atoms with Crippen LogP contribution in [0.1, 0.15) is 0 Å². The van der Waals surface area contributed by atoms with Crippen LogP contribution in [0.2, 0.25) is 0 Å². The topological polar surface area (TPSA) is 60.2 Å². The Bertz CT molecular complexity index is 443. The normalized spacial score (nSPS) is 11.6. The van der Waals surface area contributed by atoms with Gasteiger partial charge in [-0.1, -0.05) is 0 Å². The van der Waals surface area contributed by atoms with E-state index >= 15 is 0 Å². The van der Waals surface area contributed by atoms with Gasteiger partial charge in [-0.2, -0.15) is 8.42 Å². The maximum absolute atomic E-state index is 12.6. The Morgan fingerprint density at radius 2 is 1.69 bits per heavy atom. The third-order valence-corrected chi connectivity index (χ3v) is 2.15. The summed E-state index contributed by atoms with van der Waals surface area (Å²) < 4.78 is 57.8. The molecule has 7 heteroatoms. The lowest BCUT2D eigenvalue weighted by atomic mass is 10.3. The van der Waals surface area contributed by atoms with Crippen molar-refractivity contribution in [2.45, 2.75) is 4.90 Å². The highest BCUT2D eigenvalue weighted by atomic mass is 32.3. The van der Waals surface area contributed by atoms with E-state index in [-0.39, 0.29) is 6.07 Å². The minimum atomic E-state index is -5.19. The molecule has 0 heterocycles. The van der Waals surface area contributed by atoms with Gasteiger partial charge in [-0.15, -0.1) is 3.89 Å². The first-order valence-electron chi connectivity index (χ1n) is 3.01. The quantitative estimate of drug-likeness (QED) is 0.561. The van der Waals surface area contributed by atoms with Gasteiger partial charge in [-0.3, -0.25) is 0 Å². The van der Waals surface area contributed by atoms with Gasteiger partial charge in [-0.05, 0) is 6.07 Å². The largest absolute Gasteiger partial charge is 0.396 e. The Hall–Kier alpha value is -1.24. The molecule has 72 valence electrons. The summed E-state index contributed by atoms with van der Waals surface area (Å²) in [6.07, 6.45) is 0. The van der Waals surface area contributed by atoms with Crippen LogP contribution in [-0.2, 0) is 10.2 Å². The number of hydrogen-bond donors (Lipinski definition) is 1. The Kier molecular flexibility index (Phi) is 2.21. The summed E-state index contributed by atoms with van der Waals surface area (Å²) in [7, 11) is -5.19. The van der Waals surface area contributed by atoms with Crippen LogP contribution in [0.5, 0.6) is 0 Å². The first kappa shape index (κ1) is 9.85. The minimum Gasteiger partial charge on any atom is -0.396 e. The maximum Gasteiger partial charge on any atom is 0.335 e.